The summed E-state index contributed by atoms with van der Waals surface area (Å²) in [5, 5.41) is 20.0. The van der Waals surface area contributed by atoms with E-state index in [0.29, 0.717) is 25.7 Å². The van der Waals surface area contributed by atoms with Crippen molar-refractivity contribution >= 4 is 5.97 Å². The Balaban J connectivity index is 2.09. The van der Waals surface area contributed by atoms with Crippen molar-refractivity contribution in [3.63, 3.8) is 0 Å². The number of hydrogen-bond acceptors (Lipinski definition) is 4. The molecule has 2 N–H and O–H groups in total. The number of aliphatic hydroxyl groups is 2. The van der Waals surface area contributed by atoms with Crippen LogP contribution in [0.5, 0.6) is 0 Å². The third kappa shape index (κ3) is 1.53. The maximum absolute atomic E-state index is 10.9. The average molecular weight is 200 g/mol. The molecule has 1 heterocycles. The first-order chi connectivity index (χ1) is 6.63. The number of cyclic esters (lactones) is 1. The molecular formula is C10H16O4. The number of ether oxygens (including phenoxy) is 1. The first-order valence-electron chi connectivity index (χ1n) is 5.23. The second-order valence-electron chi connectivity index (χ2n) is 4.27. The quantitative estimate of drug-likeness (QED) is 0.600. The molecule has 0 radical (unpaired) electrons. The fraction of sp³-hybridized carbons (Fsp3) is 0.900. The summed E-state index contributed by atoms with van der Waals surface area (Å²) in [5.74, 6) is -0.263. The average Bonchev–Trinajstić information content (AvgIpc) is 2.58. The van der Waals surface area contributed by atoms with Crippen molar-refractivity contribution < 1.29 is 19.7 Å². The summed E-state index contributed by atoms with van der Waals surface area (Å²) in [4.78, 5) is 10.9. The highest BCUT2D eigenvalue weighted by Crippen LogP contribution is 2.36. The molecule has 0 bridgehead atoms. The van der Waals surface area contributed by atoms with Gasteiger partial charge >= 0.3 is 5.97 Å². The molecule has 3 atom stereocenters. The zero-order valence-electron chi connectivity index (χ0n) is 8.11. The van der Waals surface area contributed by atoms with Gasteiger partial charge in [0.2, 0.25) is 0 Å². The second-order valence-corrected chi connectivity index (χ2v) is 4.27. The fourth-order valence-corrected chi connectivity index (χ4v) is 2.42. The number of carbonyl (C=O) groups excluding carboxylic acids is 1. The molecule has 1 saturated carbocycles. The molecule has 3 unspecified atom stereocenters. The van der Waals surface area contributed by atoms with Crippen LogP contribution in [0.25, 0.3) is 0 Å². The van der Waals surface area contributed by atoms with Crippen molar-refractivity contribution in [3.05, 3.63) is 0 Å². The van der Waals surface area contributed by atoms with E-state index < -0.39 is 17.8 Å². The van der Waals surface area contributed by atoms with E-state index in [2.05, 4.69) is 0 Å². The van der Waals surface area contributed by atoms with Crippen molar-refractivity contribution in [3.8, 4) is 0 Å². The lowest BCUT2D eigenvalue weighted by molar-refractivity contribution is -0.179. The first kappa shape index (κ1) is 9.93. The van der Waals surface area contributed by atoms with Gasteiger partial charge in [-0.25, -0.2) is 0 Å². The van der Waals surface area contributed by atoms with Gasteiger partial charge in [0.25, 0.3) is 0 Å². The minimum absolute atomic E-state index is 0.263. The maximum atomic E-state index is 10.9. The third-order valence-corrected chi connectivity index (χ3v) is 3.32. The maximum Gasteiger partial charge on any atom is 0.306 e. The number of esters is 1. The van der Waals surface area contributed by atoms with Crippen LogP contribution in [0.15, 0.2) is 0 Å². The standard InChI is InChI=1S/C10H16O4/c11-7-3-1-2-6-10(7,13)8-4-5-9(12)14-8/h7-8,11,13H,1-6H2. The predicted molar refractivity (Wildman–Crippen MR) is 48.5 cm³/mol. The Labute approximate surface area is 82.9 Å². The Kier molecular flexibility index (Phi) is 2.49. The third-order valence-electron chi connectivity index (χ3n) is 3.32. The topological polar surface area (TPSA) is 66.8 Å². The number of hydrogen-bond donors (Lipinski definition) is 2. The molecule has 0 amide bonds. The molecule has 14 heavy (non-hydrogen) atoms. The summed E-state index contributed by atoms with van der Waals surface area (Å²) >= 11 is 0. The lowest BCUT2D eigenvalue weighted by Gasteiger charge is -2.40. The molecule has 0 spiro atoms. The molecule has 0 aromatic heterocycles. The summed E-state index contributed by atoms with van der Waals surface area (Å²) in [7, 11) is 0. The van der Waals surface area contributed by atoms with Crippen LogP contribution in [0.3, 0.4) is 0 Å². The largest absolute Gasteiger partial charge is 0.459 e. The zero-order valence-corrected chi connectivity index (χ0v) is 8.11. The van der Waals surface area contributed by atoms with Gasteiger partial charge in [0.15, 0.2) is 0 Å². The Morgan fingerprint density at radius 2 is 2.14 bits per heavy atom. The van der Waals surface area contributed by atoms with E-state index in [1.54, 1.807) is 0 Å². The Morgan fingerprint density at radius 3 is 2.71 bits per heavy atom. The van der Waals surface area contributed by atoms with Gasteiger partial charge in [-0.3, -0.25) is 4.79 Å². The summed E-state index contributed by atoms with van der Waals surface area (Å²) in [6.07, 6.45) is 2.62. The van der Waals surface area contributed by atoms with Gasteiger partial charge in [0, 0.05) is 6.42 Å². The van der Waals surface area contributed by atoms with E-state index in [1.165, 1.54) is 0 Å². The van der Waals surface area contributed by atoms with E-state index in [0.717, 1.165) is 12.8 Å². The van der Waals surface area contributed by atoms with Crippen molar-refractivity contribution in [2.75, 3.05) is 0 Å². The molecule has 2 rings (SSSR count). The molecule has 2 aliphatic rings. The minimum atomic E-state index is -1.19. The summed E-state index contributed by atoms with van der Waals surface area (Å²) in [5.41, 5.74) is -1.19. The zero-order chi connectivity index (χ0) is 10.2. The monoisotopic (exact) mass is 200 g/mol. The van der Waals surface area contributed by atoms with Crippen LogP contribution in [0, 0.1) is 0 Å². The van der Waals surface area contributed by atoms with Gasteiger partial charge in [0.1, 0.15) is 11.7 Å². The predicted octanol–water partition coefficient (Wildman–Crippen LogP) is 0.358. The first-order valence-corrected chi connectivity index (χ1v) is 5.23. The minimum Gasteiger partial charge on any atom is -0.459 e. The van der Waals surface area contributed by atoms with Gasteiger partial charge in [0.05, 0.1) is 6.10 Å². The lowest BCUT2D eigenvalue weighted by atomic mass is 9.77. The van der Waals surface area contributed by atoms with Gasteiger partial charge < -0.3 is 14.9 Å². The molecule has 80 valence electrons. The fourth-order valence-electron chi connectivity index (χ4n) is 2.42. The molecule has 1 saturated heterocycles. The molecular weight excluding hydrogens is 184 g/mol. The van der Waals surface area contributed by atoms with Crippen LogP contribution in [-0.2, 0) is 9.53 Å². The van der Waals surface area contributed by atoms with Gasteiger partial charge in [-0.2, -0.15) is 0 Å². The van der Waals surface area contributed by atoms with Crippen LogP contribution in [-0.4, -0.2) is 34.0 Å². The van der Waals surface area contributed by atoms with E-state index in [4.69, 9.17) is 4.74 Å². The van der Waals surface area contributed by atoms with E-state index in [-0.39, 0.29) is 5.97 Å². The van der Waals surface area contributed by atoms with Crippen LogP contribution >= 0.6 is 0 Å². The Morgan fingerprint density at radius 1 is 1.36 bits per heavy atom. The molecule has 4 nitrogen and oxygen atoms in total. The molecule has 2 fully saturated rings. The Bertz CT molecular complexity index is 240. The number of carbonyl (C=O) groups is 1. The molecule has 4 heteroatoms. The normalized spacial score (nSPS) is 43.7. The highest BCUT2D eigenvalue weighted by molar-refractivity contribution is 5.71. The van der Waals surface area contributed by atoms with Gasteiger partial charge in [-0.1, -0.05) is 12.8 Å². The molecule has 0 aromatic carbocycles. The van der Waals surface area contributed by atoms with Crippen molar-refractivity contribution in [2.45, 2.75) is 56.3 Å². The molecule has 1 aliphatic carbocycles. The van der Waals surface area contributed by atoms with E-state index in [1.807, 2.05) is 0 Å². The smallest absolute Gasteiger partial charge is 0.306 e. The van der Waals surface area contributed by atoms with Crippen LogP contribution in [0.1, 0.15) is 38.5 Å². The van der Waals surface area contributed by atoms with Crippen molar-refractivity contribution in [2.24, 2.45) is 0 Å². The summed E-state index contributed by atoms with van der Waals surface area (Å²) in [6, 6.07) is 0. The van der Waals surface area contributed by atoms with E-state index in [9.17, 15) is 15.0 Å². The van der Waals surface area contributed by atoms with Gasteiger partial charge in [-0.05, 0) is 19.3 Å². The highest BCUT2D eigenvalue weighted by atomic mass is 16.6. The molecule has 1 aliphatic heterocycles. The van der Waals surface area contributed by atoms with Crippen molar-refractivity contribution in [1.29, 1.82) is 0 Å². The van der Waals surface area contributed by atoms with Gasteiger partial charge in [-0.15, -0.1) is 0 Å². The molecule has 0 aromatic rings. The number of rotatable bonds is 1. The highest BCUT2D eigenvalue weighted by Gasteiger charge is 2.48. The second kappa shape index (κ2) is 3.51. The van der Waals surface area contributed by atoms with Crippen molar-refractivity contribution in [1.82, 2.24) is 0 Å². The summed E-state index contributed by atoms with van der Waals surface area (Å²) in [6.45, 7) is 0. The Hall–Kier alpha value is -0.610. The summed E-state index contributed by atoms with van der Waals surface area (Å²) < 4.78 is 5.03. The lowest BCUT2D eigenvalue weighted by Crippen LogP contribution is -2.53. The SMILES string of the molecule is O=C1CCC(C2(O)CCCCC2O)O1. The van der Waals surface area contributed by atoms with Crippen LogP contribution in [0.4, 0.5) is 0 Å². The number of aliphatic hydroxyl groups excluding tert-OH is 1. The van der Waals surface area contributed by atoms with E-state index >= 15 is 0 Å². The van der Waals surface area contributed by atoms with Crippen LogP contribution in [0.2, 0.25) is 0 Å². The van der Waals surface area contributed by atoms with Crippen LogP contribution < -0.4 is 0 Å².